The summed E-state index contributed by atoms with van der Waals surface area (Å²) >= 11 is 0. The molecule has 1 aliphatic heterocycles. The van der Waals surface area contributed by atoms with Crippen molar-refractivity contribution >= 4 is 0 Å². The van der Waals surface area contributed by atoms with Crippen molar-refractivity contribution < 1.29 is 4.74 Å². The van der Waals surface area contributed by atoms with Crippen molar-refractivity contribution in [2.75, 3.05) is 32.8 Å². The van der Waals surface area contributed by atoms with Crippen molar-refractivity contribution in [1.82, 2.24) is 4.90 Å². The Kier molecular flexibility index (Phi) is 25.6. The summed E-state index contributed by atoms with van der Waals surface area (Å²) in [7, 11) is 0. The van der Waals surface area contributed by atoms with Gasteiger partial charge in [-0.2, -0.15) is 0 Å². The molecule has 0 atom stereocenters. The number of ether oxygens (including phenoxy) is 1. The Labute approximate surface area is 139 Å². The number of nitrogens with zero attached hydrogens (tertiary/aromatic N) is 1. The third-order valence-corrected chi connectivity index (χ3v) is 2.35. The van der Waals surface area contributed by atoms with Crippen molar-refractivity contribution in [2.24, 2.45) is 5.73 Å². The average molecular weight is 311 g/mol. The first kappa shape index (κ1) is 25.6. The number of hydrogen-bond acceptors (Lipinski definition) is 3. The zero-order chi connectivity index (χ0) is 17.8. The first-order valence-corrected chi connectivity index (χ1v) is 8.31. The van der Waals surface area contributed by atoms with Crippen LogP contribution in [-0.2, 0) is 4.74 Å². The Morgan fingerprint density at radius 1 is 1.09 bits per heavy atom. The summed E-state index contributed by atoms with van der Waals surface area (Å²) < 4.78 is 5.26. The highest BCUT2D eigenvalue weighted by atomic mass is 16.5. The van der Waals surface area contributed by atoms with Crippen LogP contribution >= 0.6 is 0 Å². The van der Waals surface area contributed by atoms with E-state index in [0.29, 0.717) is 5.70 Å². The van der Waals surface area contributed by atoms with Gasteiger partial charge >= 0.3 is 0 Å². The minimum Gasteiger partial charge on any atom is -0.399 e. The van der Waals surface area contributed by atoms with Gasteiger partial charge < -0.3 is 10.5 Å². The summed E-state index contributed by atoms with van der Waals surface area (Å²) in [6, 6.07) is 0. The molecule has 2 N–H and O–H groups in total. The minimum atomic E-state index is 0.563. The molecule has 130 valence electrons. The standard InChI is InChI=1S/C11H18N2O.C4H8.2C2H6/c1-10(3-4-11(2)12)9-13-5-7-14-8-6-13;1-3-4-2;2*1-2/h3-4H,1-2,5-9,12H2;3H,1,4H2,2H3;2*1-2H3/b4-3-;;;. The summed E-state index contributed by atoms with van der Waals surface area (Å²) in [5.74, 6) is 0. The van der Waals surface area contributed by atoms with E-state index < -0.39 is 0 Å². The maximum absolute atomic E-state index is 5.42. The lowest BCUT2D eigenvalue weighted by Gasteiger charge is -2.26. The second-order valence-corrected chi connectivity index (χ2v) is 4.15. The van der Waals surface area contributed by atoms with Crippen LogP contribution < -0.4 is 5.73 Å². The molecule has 3 nitrogen and oxygen atoms in total. The second-order valence-electron chi connectivity index (χ2n) is 4.15. The molecule has 0 radical (unpaired) electrons. The van der Waals surface area contributed by atoms with Gasteiger partial charge in [0.2, 0.25) is 0 Å². The number of morpholine rings is 1. The van der Waals surface area contributed by atoms with Crippen molar-refractivity contribution in [3.63, 3.8) is 0 Å². The van der Waals surface area contributed by atoms with Gasteiger partial charge in [0.15, 0.2) is 0 Å². The molecule has 0 unspecified atom stereocenters. The molecule has 0 aliphatic carbocycles. The van der Waals surface area contributed by atoms with E-state index in [9.17, 15) is 0 Å². The molecular formula is C19H38N2O. The van der Waals surface area contributed by atoms with Gasteiger partial charge in [0, 0.05) is 25.3 Å². The molecule has 0 spiro atoms. The van der Waals surface area contributed by atoms with E-state index in [-0.39, 0.29) is 0 Å². The second kappa shape index (κ2) is 22.0. The van der Waals surface area contributed by atoms with Gasteiger partial charge in [-0.05, 0) is 18.1 Å². The van der Waals surface area contributed by atoms with Crippen LogP contribution in [0.5, 0.6) is 0 Å². The van der Waals surface area contributed by atoms with Gasteiger partial charge in [-0.25, -0.2) is 0 Å². The zero-order valence-electron chi connectivity index (χ0n) is 15.5. The average Bonchev–Trinajstić information content (AvgIpc) is 2.58. The molecule has 0 saturated carbocycles. The summed E-state index contributed by atoms with van der Waals surface area (Å²) in [5, 5.41) is 0. The first-order chi connectivity index (χ1) is 10.6. The summed E-state index contributed by atoms with van der Waals surface area (Å²) in [6.45, 7) is 25.6. The molecule has 0 aromatic heterocycles. The van der Waals surface area contributed by atoms with Crippen LogP contribution in [0.15, 0.2) is 49.2 Å². The molecule has 3 heteroatoms. The van der Waals surface area contributed by atoms with Crippen LogP contribution in [0.2, 0.25) is 0 Å². The Bertz CT molecular complexity index is 290. The molecule has 0 aromatic rings. The fraction of sp³-hybridized carbons (Fsp3) is 0.579. The van der Waals surface area contributed by atoms with Crippen LogP contribution in [0.1, 0.15) is 41.0 Å². The number of hydrogen-bond donors (Lipinski definition) is 1. The first-order valence-electron chi connectivity index (χ1n) is 8.31. The molecule has 22 heavy (non-hydrogen) atoms. The van der Waals surface area contributed by atoms with Gasteiger partial charge in [-0.3, -0.25) is 4.90 Å². The predicted octanol–water partition coefficient (Wildman–Crippen LogP) is 4.54. The Balaban J connectivity index is -0.000000383. The number of nitrogens with two attached hydrogens (primary N) is 1. The van der Waals surface area contributed by atoms with Gasteiger partial charge in [0.25, 0.3) is 0 Å². The van der Waals surface area contributed by atoms with Gasteiger partial charge in [-0.1, -0.05) is 59.9 Å². The van der Waals surface area contributed by atoms with Crippen LogP contribution in [0.4, 0.5) is 0 Å². The number of allylic oxidation sites excluding steroid dienone is 2. The Morgan fingerprint density at radius 3 is 1.91 bits per heavy atom. The Hall–Kier alpha value is -1.32. The monoisotopic (exact) mass is 310 g/mol. The molecule has 0 bridgehead atoms. The van der Waals surface area contributed by atoms with E-state index in [1.807, 2.05) is 39.8 Å². The van der Waals surface area contributed by atoms with Crippen LogP contribution in [0, 0.1) is 0 Å². The number of rotatable bonds is 5. The quantitative estimate of drug-likeness (QED) is 0.598. The van der Waals surface area contributed by atoms with E-state index >= 15 is 0 Å². The molecule has 1 heterocycles. The smallest absolute Gasteiger partial charge is 0.0594 e. The molecule has 1 fully saturated rings. The molecule has 0 amide bonds. The Morgan fingerprint density at radius 2 is 1.55 bits per heavy atom. The largest absolute Gasteiger partial charge is 0.399 e. The predicted molar refractivity (Wildman–Crippen MR) is 102 cm³/mol. The van der Waals surface area contributed by atoms with Crippen molar-refractivity contribution in [2.45, 2.75) is 41.0 Å². The molecule has 0 aromatic carbocycles. The third kappa shape index (κ3) is 21.0. The van der Waals surface area contributed by atoms with Gasteiger partial charge in [-0.15, -0.1) is 6.58 Å². The highest BCUT2D eigenvalue weighted by Crippen LogP contribution is 2.02. The van der Waals surface area contributed by atoms with Crippen LogP contribution in [-0.4, -0.2) is 37.7 Å². The lowest BCUT2D eigenvalue weighted by Crippen LogP contribution is -2.37. The summed E-state index contributed by atoms with van der Waals surface area (Å²) in [6.07, 6.45) is 6.65. The van der Waals surface area contributed by atoms with E-state index in [2.05, 4.69) is 31.6 Å². The molecular weight excluding hydrogens is 272 g/mol. The van der Waals surface area contributed by atoms with Gasteiger partial charge in [0.1, 0.15) is 0 Å². The van der Waals surface area contributed by atoms with Crippen LogP contribution in [0.25, 0.3) is 0 Å². The third-order valence-electron chi connectivity index (χ3n) is 2.35. The summed E-state index contributed by atoms with van der Waals surface area (Å²) in [5.41, 5.74) is 7.04. The maximum Gasteiger partial charge on any atom is 0.0594 e. The summed E-state index contributed by atoms with van der Waals surface area (Å²) in [4.78, 5) is 2.31. The fourth-order valence-electron chi connectivity index (χ4n) is 1.32. The zero-order valence-corrected chi connectivity index (χ0v) is 15.5. The van der Waals surface area contributed by atoms with Crippen molar-refractivity contribution in [1.29, 1.82) is 0 Å². The van der Waals surface area contributed by atoms with Crippen LogP contribution in [0.3, 0.4) is 0 Å². The maximum atomic E-state index is 5.42. The van der Waals surface area contributed by atoms with E-state index in [1.54, 1.807) is 6.08 Å². The fourth-order valence-corrected chi connectivity index (χ4v) is 1.32. The molecule has 1 saturated heterocycles. The molecule has 1 aliphatic rings. The topological polar surface area (TPSA) is 38.5 Å². The van der Waals surface area contributed by atoms with E-state index in [1.165, 1.54) is 0 Å². The highest BCUT2D eigenvalue weighted by molar-refractivity contribution is 5.23. The normalized spacial score (nSPS) is 13.5. The lowest BCUT2D eigenvalue weighted by atomic mass is 10.2. The SMILES string of the molecule is C=C(N)/C=C\C(=C)CN1CCOCC1.C=CCC.CC.CC. The van der Waals surface area contributed by atoms with E-state index in [4.69, 9.17) is 10.5 Å². The molecule has 1 rings (SSSR count). The van der Waals surface area contributed by atoms with Crippen molar-refractivity contribution in [3.8, 4) is 0 Å². The van der Waals surface area contributed by atoms with E-state index in [0.717, 1.165) is 44.8 Å². The minimum absolute atomic E-state index is 0.563. The van der Waals surface area contributed by atoms with Gasteiger partial charge in [0.05, 0.1) is 13.2 Å². The van der Waals surface area contributed by atoms with Crippen molar-refractivity contribution in [3.05, 3.63) is 49.2 Å². The lowest BCUT2D eigenvalue weighted by molar-refractivity contribution is 0.0426. The highest BCUT2D eigenvalue weighted by Gasteiger charge is 2.09.